The summed E-state index contributed by atoms with van der Waals surface area (Å²) in [7, 11) is 0. The van der Waals surface area contributed by atoms with Gasteiger partial charge in [0.05, 0.1) is 0 Å². The molecule has 0 nitrogen and oxygen atoms in total. The lowest BCUT2D eigenvalue weighted by Crippen LogP contribution is -3.01. The van der Waals surface area contributed by atoms with Crippen molar-refractivity contribution in [1.82, 2.24) is 0 Å². The number of rotatable bonds is 0. The van der Waals surface area contributed by atoms with Gasteiger partial charge in [0.15, 0.2) is 0 Å². The Balaban J connectivity index is 1.50. The van der Waals surface area contributed by atoms with Crippen LogP contribution >= 0.6 is 0 Å². The van der Waals surface area contributed by atoms with Crippen LogP contribution in [0.4, 0.5) is 0 Å². The molecular formula is C21H32. The SMILES string of the molecule is CC1CC2C3C4C5C6CC(C)C6(C)C5(C)C4(C)C3(C)C12C. The molecule has 0 heteroatoms. The summed E-state index contributed by atoms with van der Waals surface area (Å²) in [6, 6.07) is 0. The van der Waals surface area contributed by atoms with Crippen molar-refractivity contribution in [2.45, 2.75) is 61.3 Å². The van der Waals surface area contributed by atoms with Gasteiger partial charge in [0.1, 0.15) is 0 Å². The van der Waals surface area contributed by atoms with E-state index in [0.29, 0.717) is 27.1 Å². The van der Waals surface area contributed by atoms with Gasteiger partial charge in [-0.15, -0.1) is 0 Å². The first-order chi connectivity index (χ1) is 9.64. The zero-order valence-corrected chi connectivity index (χ0v) is 15.0. The molecule has 0 heterocycles. The predicted molar refractivity (Wildman–Crippen MR) is 85.5 cm³/mol. The number of fused-ring (bicyclic) bond motifs is 13. The van der Waals surface area contributed by atoms with Crippen LogP contribution in [0.15, 0.2) is 0 Å². The largest absolute Gasteiger partial charge is 0.0619 e. The van der Waals surface area contributed by atoms with Gasteiger partial charge in [0, 0.05) is 0 Å². The second kappa shape index (κ2) is 2.57. The summed E-state index contributed by atoms with van der Waals surface area (Å²) in [5.74, 6) is 7.50. The third kappa shape index (κ3) is 0.623. The molecule has 116 valence electrons. The molecule has 10 atom stereocenters. The van der Waals surface area contributed by atoms with E-state index in [4.69, 9.17) is 0 Å². The van der Waals surface area contributed by atoms with E-state index >= 15 is 0 Å². The van der Waals surface area contributed by atoms with Crippen LogP contribution in [0, 0.1) is 68.5 Å². The Morgan fingerprint density at radius 1 is 0.571 bits per heavy atom. The molecule has 6 saturated carbocycles. The van der Waals surface area contributed by atoms with Crippen molar-refractivity contribution in [3.63, 3.8) is 0 Å². The van der Waals surface area contributed by atoms with E-state index in [0.717, 1.165) is 41.4 Å². The van der Waals surface area contributed by atoms with E-state index in [1.165, 1.54) is 0 Å². The maximum atomic E-state index is 2.74. The molecule has 0 saturated heterocycles. The van der Waals surface area contributed by atoms with Crippen LogP contribution in [-0.2, 0) is 0 Å². The highest BCUT2D eigenvalue weighted by atomic mass is 15.0. The fraction of sp³-hybridized carbons (Fsp3) is 1.00. The lowest BCUT2D eigenvalue weighted by Gasteiger charge is -3.05. The van der Waals surface area contributed by atoms with Crippen molar-refractivity contribution in [2.24, 2.45) is 68.5 Å². The fourth-order valence-electron chi connectivity index (χ4n) is 11.3. The Bertz CT molecular complexity index is 557. The standard InChI is InChI=1S/C21H32/c1-10-8-12-14-16-15-13-9-11(2)18(13,4)20(15,6)21(16,7)19(14,5)17(10,12)3/h10-16H,8-9H2,1-7H3. The highest BCUT2D eigenvalue weighted by Gasteiger charge is 3.01. The van der Waals surface area contributed by atoms with Crippen molar-refractivity contribution in [3.05, 3.63) is 0 Å². The predicted octanol–water partition coefficient (Wildman–Crippen LogP) is 5.23. The smallest absolute Gasteiger partial charge is 0.0167 e. The second-order valence-corrected chi connectivity index (χ2v) is 11.2. The van der Waals surface area contributed by atoms with Crippen molar-refractivity contribution in [3.8, 4) is 0 Å². The minimum atomic E-state index is 0.662. The Hall–Kier alpha value is 0. The van der Waals surface area contributed by atoms with Crippen molar-refractivity contribution >= 4 is 0 Å². The summed E-state index contributed by atoms with van der Waals surface area (Å²) < 4.78 is 0. The first-order valence-corrected chi connectivity index (χ1v) is 9.64. The average molecular weight is 284 g/mol. The summed E-state index contributed by atoms with van der Waals surface area (Å²) in [6.07, 6.45) is 3.09. The van der Waals surface area contributed by atoms with Gasteiger partial charge < -0.3 is 0 Å². The third-order valence-corrected chi connectivity index (χ3v) is 12.8. The molecule has 0 spiro atoms. The molecule has 10 unspecified atom stereocenters. The van der Waals surface area contributed by atoms with E-state index in [2.05, 4.69) is 48.5 Å². The van der Waals surface area contributed by atoms with Gasteiger partial charge in [-0.25, -0.2) is 0 Å². The highest BCUT2D eigenvalue weighted by molar-refractivity contribution is 5.48. The average Bonchev–Trinajstić information content (AvgIpc) is 2.47. The second-order valence-electron chi connectivity index (χ2n) is 11.2. The van der Waals surface area contributed by atoms with Gasteiger partial charge >= 0.3 is 0 Å². The van der Waals surface area contributed by atoms with Crippen LogP contribution in [0.2, 0.25) is 0 Å². The van der Waals surface area contributed by atoms with E-state index in [-0.39, 0.29) is 0 Å². The molecule has 6 rings (SSSR count). The molecular weight excluding hydrogens is 252 g/mol. The molecule has 6 aliphatic carbocycles. The number of hydrogen-bond donors (Lipinski definition) is 0. The van der Waals surface area contributed by atoms with Gasteiger partial charge in [0.25, 0.3) is 0 Å². The van der Waals surface area contributed by atoms with Crippen LogP contribution in [0.5, 0.6) is 0 Å². The Labute approximate surface area is 130 Å². The maximum absolute atomic E-state index is 2.74. The van der Waals surface area contributed by atoms with E-state index in [1.807, 2.05) is 0 Å². The highest BCUT2D eigenvalue weighted by Crippen LogP contribution is 3.05. The van der Waals surface area contributed by atoms with Crippen LogP contribution in [0.1, 0.15) is 61.3 Å². The van der Waals surface area contributed by atoms with Gasteiger partial charge in [-0.3, -0.25) is 0 Å². The molecule has 0 amide bonds. The zero-order valence-electron chi connectivity index (χ0n) is 15.0. The normalized spacial score (nSPS) is 85.0. The van der Waals surface area contributed by atoms with Crippen molar-refractivity contribution in [2.75, 3.05) is 0 Å². The molecule has 0 bridgehead atoms. The Kier molecular flexibility index (Phi) is 1.52. The molecule has 0 aromatic rings. The van der Waals surface area contributed by atoms with E-state index < -0.39 is 0 Å². The molecule has 0 aromatic heterocycles. The quantitative estimate of drug-likeness (QED) is 0.534. The molecule has 6 fully saturated rings. The fourth-order valence-corrected chi connectivity index (χ4v) is 11.3. The van der Waals surface area contributed by atoms with Gasteiger partial charge in [-0.2, -0.15) is 0 Å². The minimum Gasteiger partial charge on any atom is -0.0619 e. The molecule has 0 aliphatic heterocycles. The molecule has 0 N–H and O–H groups in total. The van der Waals surface area contributed by atoms with Crippen LogP contribution in [0.25, 0.3) is 0 Å². The summed E-state index contributed by atoms with van der Waals surface area (Å²) in [5, 5.41) is 0. The minimum absolute atomic E-state index is 0.662. The molecule has 0 aromatic carbocycles. The third-order valence-electron chi connectivity index (χ3n) is 12.8. The summed E-state index contributed by atoms with van der Waals surface area (Å²) in [5.41, 5.74) is 3.37. The first kappa shape index (κ1) is 12.4. The first-order valence-electron chi connectivity index (χ1n) is 9.64. The molecule has 0 radical (unpaired) electrons. The summed E-state index contributed by atoms with van der Waals surface area (Å²) in [6.45, 7) is 18.6. The lowest BCUT2D eigenvalue weighted by atomic mass is 8.99. The monoisotopic (exact) mass is 284 g/mol. The van der Waals surface area contributed by atoms with Crippen LogP contribution in [-0.4, -0.2) is 0 Å². The van der Waals surface area contributed by atoms with Gasteiger partial charge in [-0.1, -0.05) is 48.5 Å². The van der Waals surface area contributed by atoms with Crippen LogP contribution in [0.3, 0.4) is 0 Å². The topological polar surface area (TPSA) is 0 Å². The number of hydrogen-bond acceptors (Lipinski definition) is 0. The van der Waals surface area contributed by atoms with Gasteiger partial charge in [0.2, 0.25) is 0 Å². The zero-order chi connectivity index (χ0) is 15.0. The van der Waals surface area contributed by atoms with E-state index in [1.54, 1.807) is 12.8 Å². The summed E-state index contributed by atoms with van der Waals surface area (Å²) >= 11 is 0. The van der Waals surface area contributed by atoms with Crippen molar-refractivity contribution in [1.29, 1.82) is 0 Å². The van der Waals surface area contributed by atoms with Crippen LogP contribution < -0.4 is 0 Å². The molecule has 6 aliphatic rings. The maximum Gasteiger partial charge on any atom is -0.0167 e. The Morgan fingerprint density at radius 3 is 1.29 bits per heavy atom. The van der Waals surface area contributed by atoms with Gasteiger partial charge in [-0.05, 0) is 81.3 Å². The summed E-state index contributed by atoms with van der Waals surface area (Å²) in [4.78, 5) is 0. The van der Waals surface area contributed by atoms with E-state index in [9.17, 15) is 0 Å². The molecule has 21 heavy (non-hydrogen) atoms. The lowest BCUT2D eigenvalue weighted by molar-refractivity contribution is -0.585. The van der Waals surface area contributed by atoms with Crippen molar-refractivity contribution < 1.29 is 0 Å². The Morgan fingerprint density at radius 2 is 0.952 bits per heavy atom.